The second kappa shape index (κ2) is 5.02. The number of carbonyl (C=O) groups is 1. The van der Waals surface area contributed by atoms with Gasteiger partial charge in [-0.15, -0.1) is 6.58 Å². The van der Waals surface area contributed by atoms with E-state index in [0.717, 1.165) is 25.9 Å². The first-order valence-corrected chi connectivity index (χ1v) is 4.70. The van der Waals surface area contributed by atoms with Crippen molar-refractivity contribution >= 4 is 5.97 Å². The van der Waals surface area contributed by atoms with E-state index in [9.17, 15) is 4.79 Å². The molecule has 0 aliphatic carbocycles. The summed E-state index contributed by atoms with van der Waals surface area (Å²) in [6.07, 6.45) is 3.44. The minimum atomic E-state index is -0.0498. The maximum atomic E-state index is 11.4. The molecule has 0 aromatic heterocycles. The summed E-state index contributed by atoms with van der Waals surface area (Å²) in [7, 11) is 2.02. The summed E-state index contributed by atoms with van der Waals surface area (Å²) in [5.41, 5.74) is 0. The van der Waals surface area contributed by atoms with Gasteiger partial charge in [0.2, 0.25) is 0 Å². The summed E-state index contributed by atoms with van der Waals surface area (Å²) in [5.74, 6) is 0.0426. The van der Waals surface area contributed by atoms with Crippen LogP contribution in [-0.4, -0.2) is 37.6 Å². The third-order valence-electron chi connectivity index (χ3n) is 2.29. The molecule has 3 nitrogen and oxygen atoms in total. The number of rotatable bonds is 4. The summed E-state index contributed by atoms with van der Waals surface area (Å²) in [4.78, 5) is 13.5. The van der Waals surface area contributed by atoms with Gasteiger partial charge in [-0.1, -0.05) is 6.08 Å². The zero-order chi connectivity index (χ0) is 9.68. The Morgan fingerprint density at radius 3 is 3.08 bits per heavy atom. The maximum absolute atomic E-state index is 11.4. The zero-order valence-corrected chi connectivity index (χ0v) is 8.16. The van der Waals surface area contributed by atoms with E-state index in [0.29, 0.717) is 6.61 Å². The molecule has 1 aliphatic heterocycles. The minimum absolute atomic E-state index is 0.0498. The lowest BCUT2D eigenvalue weighted by Gasteiger charge is -2.09. The predicted octanol–water partition coefficient (Wildman–Crippen LogP) is 1.06. The Kier molecular flexibility index (Phi) is 3.96. The van der Waals surface area contributed by atoms with Gasteiger partial charge in [-0.05, 0) is 26.4 Å². The quantitative estimate of drug-likeness (QED) is 0.371. The van der Waals surface area contributed by atoms with Crippen molar-refractivity contribution in [3.63, 3.8) is 0 Å². The van der Waals surface area contributed by atoms with Crippen molar-refractivity contribution in [3.05, 3.63) is 12.7 Å². The van der Waals surface area contributed by atoms with Gasteiger partial charge in [-0.3, -0.25) is 4.79 Å². The minimum Gasteiger partial charge on any atom is -0.465 e. The fraction of sp³-hybridized carbons (Fsp3) is 0.700. The molecule has 0 aromatic carbocycles. The summed E-state index contributed by atoms with van der Waals surface area (Å²) in [6, 6.07) is 0. The summed E-state index contributed by atoms with van der Waals surface area (Å²) >= 11 is 0. The van der Waals surface area contributed by atoms with Gasteiger partial charge in [0, 0.05) is 6.54 Å². The fourth-order valence-electron chi connectivity index (χ4n) is 1.49. The Bertz CT molecular complexity index is 191. The molecule has 0 radical (unpaired) electrons. The van der Waals surface area contributed by atoms with Crippen molar-refractivity contribution in [2.24, 2.45) is 5.92 Å². The van der Waals surface area contributed by atoms with Gasteiger partial charge in [0.1, 0.15) is 0 Å². The molecule has 1 unspecified atom stereocenters. The standard InChI is InChI=1S/C10H17NO2/c1-3-4-7-13-10(12)9-5-6-11(2)8-9/h3,9H,1,4-8H2,2H3. The average Bonchev–Trinajstić information content (AvgIpc) is 2.52. The Balaban J connectivity index is 2.19. The number of carbonyl (C=O) groups excluding carboxylic acids is 1. The van der Waals surface area contributed by atoms with Gasteiger partial charge in [0.05, 0.1) is 12.5 Å². The van der Waals surface area contributed by atoms with E-state index >= 15 is 0 Å². The highest BCUT2D eigenvalue weighted by Gasteiger charge is 2.26. The van der Waals surface area contributed by atoms with Crippen molar-refractivity contribution in [1.29, 1.82) is 0 Å². The monoisotopic (exact) mass is 183 g/mol. The average molecular weight is 183 g/mol. The third-order valence-corrected chi connectivity index (χ3v) is 2.29. The van der Waals surface area contributed by atoms with Gasteiger partial charge in [-0.2, -0.15) is 0 Å². The highest BCUT2D eigenvalue weighted by atomic mass is 16.5. The Hall–Kier alpha value is -0.830. The van der Waals surface area contributed by atoms with Crippen LogP contribution in [0.5, 0.6) is 0 Å². The molecule has 1 heterocycles. The predicted molar refractivity (Wildman–Crippen MR) is 51.4 cm³/mol. The molecule has 0 N–H and O–H groups in total. The lowest BCUT2D eigenvalue weighted by Crippen LogP contribution is -2.21. The van der Waals surface area contributed by atoms with E-state index in [4.69, 9.17) is 4.74 Å². The first-order chi connectivity index (χ1) is 6.24. The van der Waals surface area contributed by atoms with Crippen LogP contribution in [0, 0.1) is 5.92 Å². The molecule has 0 amide bonds. The summed E-state index contributed by atoms with van der Waals surface area (Å²) in [5, 5.41) is 0. The smallest absolute Gasteiger partial charge is 0.310 e. The van der Waals surface area contributed by atoms with E-state index in [-0.39, 0.29) is 11.9 Å². The van der Waals surface area contributed by atoms with Crippen LogP contribution < -0.4 is 0 Å². The molecule has 1 rings (SSSR count). The first-order valence-electron chi connectivity index (χ1n) is 4.70. The largest absolute Gasteiger partial charge is 0.465 e. The molecule has 1 aliphatic rings. The van der Waals surface area contributed by atoms with Crippen molar-refractivity contribution < 1.29 is 9.53 Å². The molecule has 74 valence electrons. The van der Waals surface area contributed by atoms with Gasteiger partial charge in [0.25, 0.3) is 0 Å². The molecule has 1 atom stereocenters. The molecule has 0 bridgehead atoms. The van der Waals surface area contributed by atoms with Crippen LogP contribution in [0.3, 0.4) is 0 Å². The molecule has 13 heavy (non-hydrogen) atoms. The van der Waals surface area contributed by atoms with Crippen molar-refractivity contribution in [3.8, 4) is 0 Å². The van der Waals surface area contributed by atoms with Gasteiger partial charge in [0.15, 0.2) is 0 Å². The van der Waals surface area contributed by atoms with Gasteiger partial charge >= 0.3 is 5.97 Å². The molecule has 0 saturated carbocycles. The van der Waals surface area contributed by atoms with E-state index in [2.05, 4.69) is 11.5 Å². The van der Waals surface area contributed by atoms with Crippen molar-refractivity contribution in [2.45, 2.75) is 12.8 Å². The zero-order valence-electron chi connectivity index (χ0n) is 8.16. The molecular formula is C10H17NO2. The van der Waals surface area contributed by atoms with Crippen molar-refractivity contribution in [2.75, 3.05) is 26.7 Å². The Morgan fingerprint density at radius 1 is 1.77 bits per heavy atom. The van der Waals surface area contributed by atoms with E-state index in [1.807, 2.05) is 7.05 Å². The van der Waals surface area contributed by atoms with E-state index in [1.54, 1.807) is 6.08 Å². The molecule has 0 aromatic rings. The lowest BCUT2D eigenvalue weighted by molar-refractivity contribution is -0.147. The number of esters is 1. The number of hydrogen-bond donors (Lipinski definition) is 0. The maximum Gasteiger partial charge on any atom is 0.310 e. The molecule has 1 saturated heterocycles. The third kappa shape index (κ3) is 3.19. The van der Waals surface area contributed by atoms with Crippen LogP contribution in [0.2, 0.25) is 0 Å². The molecular weight excluding hydrogens is 166 g/mol. The lowest BCUT2D eigenvalue weighted by atomic mass is 10.1. The Morgan fingerprint density at radius 2 is 2.54 bits per heavy atom. The van der Waals surface area contributed by atoms with Crippen molar-refractivity contribution in [1.82, 2.24) is 4.90 Å². The first kappa shape index (κ1) is 10.3. The van der Waals surface area contributed by atoms with Crippen LogP contribution in [0.25, 0.3) is 0 Å². The fourth-order valence-corrected chi connectivity index (χ4v) is 1.49. The highest BCUT2D eigenvalue weighted by molar-refractivity contribution is 5.73. The van der Waals surface area contributed by atoms with E-state index in [1.165, 1.54) is 0 Å². The highest BCUT2D eigenvalue weighted by Crippen LogP contribution is 2.15. The topological polar surface area (TPSA) is 29.5 Å². The number of nitrogens with zero attached hydrogens (tertiary/aromatic N) is 1. The molecule has 0 spiro atoms. The molecule has 3 heteroatoms. The van der Waals surface area contributed by atoms with Gasteiger partial charge < -0.3 is 9.64 Å². The van der Waals surface area contributed by atoms with Crippen LogP contribution in [0.4, 0.5) is 0 Å². The van der Waals surface area contributed by atoms with Crippen LogP contribution in [0.15, 0.2) is 12.7 Å². The SMILES string of the molecule is C=CCCOC(=O)C1CCN(C)C1. The number of ether oxygens (including phenoxy) is 1. The second-order valence-electron chi connectivity index (χ2n) is 3.49. The summed E-state index contributed by atoms with van der Waals surface area (Å²) in [6.45, 7) is 5.88. The normalized spacial score (nSPS) is 23.0. The second-order valence-corrected chi connectivity index (χ2v) is 3.49. The Labute approximate surface area is 79.4 Å². The van der Waals surface area contributed by atoms with Crippen LogP contribution >= 0.6 is 0 Å². The number of likely N-dealkylation sites (tertiary alicyclic amines) is 1. The van der Waals surface area contributed by atoms with E-state index < -0.39 is 0 Å². The molecule has 1 fully saturated rings. The van der Waals surface area contributed by atoms with Gasteiger partial charge in [-0.25, -0.2) is 0 Å². The van der Waals surface area contributed by atoms with Crippen LogP contribution in [0.1, 0.15) is 12.8 Å². The van der Waals surface area contributed by atoms with Crippen LogP contribution in [-0.2, 0) is 9.53 Å². The summed E-state index contributed by atoms with van der Waals surface area (Å²) < 4.78 is 5.08. The number of hydrogen-bond acceptors (Lipinski definition) is 3.